The molecule has 2 saturated carbocycles. The molecule has 26 nitrogen and oxygen atoms in total. The highest BCUT2D eigenvalue weighted by Gasteiger charge is 2.68. The molecule has 2 aliphatic rings. The van der Waals surface area contributed by atoms with Crippen molar-refractivity contribution in [3.8, 4) is 0 Å². The van der Waals surface area contributed by atoms with Crippen LogP contribution in [0.4, 0.5) is 54.3 Å². The summed E-state index contributed by atoms with van der Waals surface area (Å²) in [6, 6.07) is 0. The molecule has 4 amide bonds. The molecule has 0 aromatic carbocycles. The first-order valence-corrected chi connectivity index (χ1v) is 26.9. The first kappa shape index (κ1) is 77.8. The predicted molar refractivity (Wildman–Crippen MR) is 291 cm³/mol. The molecule has 2 fully saturated rings. The molecule has 0 heterocycles. The zero-order valence-electron chi connectivity index (χ0n) is 50.2. The number of esters is 6. The summed E-state index contributed by atoms with van der Waals surface area (Å²) in [6.45, 7) is 18.4. The molecular formula is C56H74F8N4O22. The highest BCUT2D eigenvalue weighted by molar-refractivity contribution is 5.83. The molecule has 0 bridgehead atoms. The number of alkyl halides is 8. The third kappa shape index (κ3) is 27.2. The van der Waals surface area contributed by atoms with Crippen LogP contribution in [-0.2, 0) is 85.6 Å². The topological polar surface area (TPSA) is 330 Å². The van der Waals surface area contributed by atoms with E-state index < -0.39 is 182 Å². The van der Waals surface area contributed by atoms with E-state index in [1.54, 1.807) is 27.7 Å². The predicted octanol–water partition coefficient (Wildman–Crippen LogP) is 7.32. The molecule has 4 N–H and O–H groups in total. The lowest BCUT2D eigenvalue weighted by molar-refractivity contribution is -0.515. The number of carbonyl (C=O) groups is 10. The van der Waals surface area contributed by atoms with Crippen molar-refractivity contribution in [3.05, 3.63) is 75.9 Å². The van der Waals surface area contributed by atoms with Crippen molar-refractivity contribution in [2.75, 3.05) is 65.9 Å². The maximum absolute atomic E-state index is 14.8. The Morgan fingerprint density at radius 2 is 0.633 bits per heavy atom. The van der Waals surface area contributed by atoms with E-state index in [9.17, 15) is 83.1 Å². The van der Waals surface area contributed by atoms with E-state index in [0.29, 0.717) is 12.8 Å². The highest BCUT2D eigenvalue weighted by atomic mass is 19.3. The molecular weight excluding hydrogens is 1230 g/mol. The molecule has 0 aromatic heterocycles. The van der Waals surface area contributed by atoms with Crippen LogP contribution in [-0.4, -0.2) is 173 Å². The minimum absolute atomic E-state index is 0.0740. The van der Waals surface area contributed by atoms with E-state index >= 15 is 0 Å². The van der Waals surface area contributed by atoms with Gasteiger partial charge in [0.2, 0.25) is 11.2 Å². The van der Waals surface area contributed by atoms with Gasteiger partial charge in [-0.2, -0.15) is 35.1 Å². The largest absolute Gasteiger partial charge is 0.458 e. The number of rotatable bonds is 35. The van der Waals surface area contributed by atoms with Crippen molar-refractivity contribution in [3.63, 3.8) is 0 Å². The van der Waals surface area contributed by atoms with Crippen LogP contribution in [0.3, 0.4) is 0 Å². The minimum Gasteiger partial charge on any atom is -0.458 e. The number of halogens is 8. The maximum Gasteiger partial charge on any atom is 0.453 e. The van der Waals surface area contributed by atoms with Crippen LogP contribution < -0.4 is 21.3 Å². The zero-order chi connectivity index (χ0) is 68.8. The monoisotopic (exact) mass is 1310 g/mol. The Labute approximate surface area is 511 Å². The van der Waals surface area contributed by atoms with E-state index in [4.69, 9.17) is 37.9 Å². The van der Waals surface area contributed by atoms with Crippen LogP contribution in [0.25, 0.3) is 0 Å². The van der Waals surface area contributed by atoms with Gasteiger partial charge >= 0.3 is 84.6 Å². The molecule has 0 saturated heterocycles. The normalized spacial score (nSPS) is 19.8. The summed E-state index contributed by atoms with van der Waals surface area (Å²) in [5.74, 6) is -7.34. The van der Waals surface area contributed by atoms with Gasteiger partial charge in [-0.05, 0) is 75.0 Å². The van der Waals surface area contributed by atoms with Crippen molar-refractivity contribution in [2.45, 2.75) is 127 Å². The Kier molecular flexibility index (Phi) is 28.0. The number of nitrogens with one attached hydrogen (secondary N) is 4. The van der Waals surface area contributed by atoms with Gasteiger partial charge in [0.1, 0.15) is 39.6 Å². The van der Waals surface area contributed by atoms with E-state index in [1.807, 2.05) is 0 Å². The second-order valence-electron chi connectivity index (χ2n) is 23.0. The van der Waals surface area contributed by atoms with Gasteiger partial charge in [-0.15, -0.1) is 0 Å². The summed E-state index contributed by atoms with van der Waals surface area (Å²) in [5, 5.41) is 9.40. The van der Waals surface area contributed by atoms with Crippen molar-refractivity contribution in [1.29, 1.82) is 0 Å². The Hall–Kier alpha value is -8.30. The summed E-state index contributed by atoms with van der Waals surface area (Å²) >= 11 is 0. The Morgan fingerprint density at radius 1 is 0.389 bits per heavy atom. The fourth-order valence-electron chi connectivity index (χ4n) is 10.2. The fraction of sp³-hybridized carbons (Fsp3) is 0.607. The van der Waals surface area contributed by atoms with Gasteiger partial charge in [-0.1, -0.05) is 67.2 Å². The molecule has 2 aliphatic carbocycles. The average Bonchev–Trinajstić information content (AvgIpc) is 0.952. The first-order chi connectivity index (χ1) is 41.4. The van der Waals surface area contributed by atoms with Crippen LogP contribution in [0.15, 0.2) is 75.9 Å². The summed E-state index contributed by atoms with van der Waals surface area (Å²) < 4.78 is 173. The van der Waals surface area contributed by atoms with Crippen LogP contribution in [0.1, 0.15) is 80.1 Å². The van der Waals surface area contributed by atoms with E-state index in [0.717, 1.165) is 36.5 Å². The van der Waals surface area contributed by atoms with Crippen LogP contribution in [0.5, 0.6) is 0 Å². The lowest BCUT2D eigenvalue weighted by atomic mass is 9.64. The van der Waals surface area contributed by atoms with Gasteiger partial charge < -0.3 is 68.6 Å². The smallest absolute Gasteiger partial charge is 0.453 e. The second-order valence-corrected chi connectivity index (χ2v) is 23.0. The zero-order valence-corrected chi connectivity index (χ0v) is 50.2. The van der Waals surface area contributed by atoms with Gasteiger partial charge in [0.15, 0.2) is 13.2 Å². The molecule has 90 heavy (non-hydrogen) atoms. The number of ether oxygens (including phenoxy) is 12. The van der Waals surface area contributed by atoms with Crippen LogP contribution in [0.2, 0.25) is 0 Å². The van der Waals surface area contributed by atoms with Gasteiger partial charge in [0, 0.05) is 60.6 Å². The Morgan fingerprint density at radius 3 is 0.867 bits per heavy atom. The number of amides is 4. The SMILES string of the molecule is C=CC(=O)OCC(COC(=O)C=C)(COC(=O)C=C)OC(=O)NCC1CC(C)(C)CC(C)(NC(=O)OCC(F)(F)OC(F)(F)C(F)(F)OC(F)(F)COC(=O)NC2(C)CC(CNC(=O)OC(COC(=O)C=C)(COC(=O)C=C)COC(=O)C=C)CC(C)(C)C2)C1. The number of alkyl carbamates (subject to hydrolysis) is 4. The standard InChI is InChI=1S/C56H74F8N4O22/c1-13-37(69)79-27-51(28-80-38(70)14-2,29-81-39(71)15-3)87-43(75)65-23-35-19-47(7,8)25-49(11,21-35)67-45(77)85-33-53(57,58)89-55(61,62)56(63,64)90-54(59,60)34-86-46(78)68-50(12)22-36(20-48(9,10)26-50)24-66-44(76)88-52(30-82-40(72)16-4,31-83-41(73)17-5)32-84-42(74)18-6/h13-18,35-36H,1-6,19-34H2,7-12H3,(H,65,75)(H,66,76)(H,67,77)(H,68,78). The lowest BCUT2D eigenvalue weighted by Gasteiger charge is -2.46. The summed E-state index contributed by atoms with van der Waals surface area (Å²) in [6.07, 6.45) is -25.2. The van der Waals surface area contributed by atoms with Crippen molar-refractivity contribution < 1.29 is 140 Å². The number of carbonyl (C=O) groups excluding carboxylic acids is 10. The van der Waals surface area contributed by atoms with E-state index in [2.05, 4.69) is 79.7 Å². The highest BCUT2D eigenvalue weighted by Crippen LogP contribution is 2.46. The van der Waals surface area contributed by atoms with Gasteiger partial charge in [-0.25, -0.2) is 57.4 Å². The summed E-state index contributed by atoms with van der Waals surface area (Å²) in [4.78, 5) is 124. The number of hydrogen-bond donors (Lipinski definition) is 4. The maximum atomic E-state index is 14.8. The molecule has 4 unspecified atom stereocenters. The van der Waals surface area contributed by atoms with Gasteiger partial charge in [0.25, 0.3) is 0 Å². The molecule has 2 rings (SSSR count). The first-order valence-electron chi connectivity index (χ1n) is 26.9. The molecule has 506 valence electrons. The molecule has 0 aromatic rings. The third-order valence-corrected chi connectivity index (χ3v) is 12.9. The quantitative estimate of drug-likeness (QED) is 0.0209. The molecule has 0 radical (unpaired) electrons. The molecule has 34 heteroatoms. The van der Waals surface area contributed by atoms with Crippen molar-refractivity contribution in [2.24, 2.45) is 22.7 Å². The minimum atomic E-state index is -6.61. The van der Waals surface area contributed by atoms with E-state index in [1.165, 1.54) is 13.8 Å². The molecule has 4 atom stereocenters. The Balaban J connectivity index is 2.09. The average molecular weight is 1310 g/mol. The van der Waals surface area contributed by atoms with Crippen LogP contribution in [0, 0.1) is 22.7 Å². The van der Waals surface area contributed by atoms with Crippen LogP contribution >= 0.6 is 0 Å². The Bertz CT molecular complexity index is 2380. The van der Waals surface area contributed by atoms with Crippen molar-refractivity contribution >= 4 is 60.2 Å². The van der Waals surface area contributed by atoms with E-state index in [-0.39, 0.29) is 38.8 Å². The molecule has 0 aliphatic heterocycles. The molecule has 0 spiro atoms. The lowest BCUT2D eigenvalue weighted by Crippen LogP contribution is -2.56. The van der Waals surface area contributed by atoms with Crippen molar-refractivity contribution in [1.82, 2.24) is 21.3 Å². The third-order valence-electron chi connectivity index (χ3n) is 12.9. The summed E-state index contributed by atoms with van der Waals surface area (Å²) in [5.41, 5.74) is -8.61. The second kappa shape index (κ2) is 32.4. The van der Waals surface area contributed by atoms with Gasteiger partial charge in [-0.3, -0.25) is 0 Å². The van der Waals surface area contributed by atoms with Gasteiger partial charge in [0.05, 0.1) is 0 Å². The number of hydrogen-bond acceptors (Lipinski definition) is 22. The summed E-state index contributed by atoms with van der Waals surface area (Å²) in [7, 11) is 0. The fourth-order valence-corrected chi connectivity index (χ4v) is 10.2.